The molecule has 3 aromatic rings. The summed E-state index contributed by atoms with van der Waals surface area (Å²) in [6.07, 6.45) is 3.40. The average molecular weight is 306 g/mol. The first kappa shape index (κ1) is 15.0. The molecule has 0 atom stereocenters. The molecular weight excluding hydrogens is 288 g/mol. The van der Waals surface area contributed by atoms with Crippen molar-refractivity contribution >= 4 is 5.95 Å². The zero-order chi connectivity index (χ0) is 16.4. The lowest BCUT2D eigenvalue weighted by Gasteiger charge is -2.14. The van der Waals surface area contributed by atoms with Gasteiger partial charge in [-0.25, -0.2) is 4.98 Å². The highest BCUT2D eigenvalue weighted by Gasteiger charge is 2.17. The minimum Gasteiger partial charge on any atom is -0.359 e. The van der Waals surface area contributed by atoms with Crippen molar-refractivity contribution in [1.29, 1.82) is 0 Å². The Labute approximate surface area is 134 Å². The Hall–Kier alpha value is -2.95. The van der Waals surface area contributed by atoms with Crippen LogP contribution in [-0.2, 0) is 7.05 Å². The van der Waals surface area contributed by atoms with Gasteiger partial charge in [0.1, 0.15) is 0 Å². The van der Waals surface area contributed by atoms with E-state index >= 15 is 0 Å². The summed E-state index contributed by atoms with van der Waals surface area (Å²) in [5, 5.41) is 2.97. The normalized spacial score (nSPS) is 10.6. The van der Waals surface area contributed by atoms with Crippen molar-refractivity contribution in [3.63, 3.8) is 0 Å². The lowest BCUT2D eigenvalue weighted by atomic mass is 10.00. The third kappa shape index (κ3) is 2.73. The molecule has 2 heterocycles. The summed E-state index contributed by atoms with van der Waals surface area (Å²) in [5.74, 6) is 0.526. The summed E-state index contributed by atoms with van der Waals surface area (Å²) >= 11 is 0. The molecule has 0 aliphatic heterocycles. The second-order valence-corrected chi connectivity index (χ2v) is 5.38. The van der Waals surface area contributed by atoms with E-state index in [0.717, 1.165) is 16.7 Å². The van der Waals surface area contributed by atoms with Crippen LogP contribution in [0.5, 0.6) is 0 Å². The molecule has 0 unspecified atom stereocenters. The standard InChI is InChI=1S/C18H18N4O/c1-12-4-6-13(7-5-12)15-16(14-8-10-20-11-9-14)21-18(19-2)22(3)17(15)23/h4-11H,1-3H3,(H,19,21). The monoisotopic (exact) mass is 306 g/mol. The Morgan fingerprint density at radius 3 is 2.26 bits per heavy atom. The zero-order valence-corrected chi connectivity index (χ0v) is 13.4. The largest absolute Gasteiger partial charge is 0.359 e. The molecule has 0 saturated carbocycles. The van der Waals surface area contributed by atoms with Gasteiger partial charge < -0.3 is 5.32 Å². The molecular formula is C18H18N4O. The minimum absolute atomic E-state index is 0.0833. The van der Waals surface area contributed by atoms with Gasteiger partial charge in [-0.3, -0.25) is 14.3 Å². The number of nitrogens with zero attached hydrogens (tertiary/aromatic N) is 3. The van der Waals surface area contributed by atoms with E-state index in [0.29, 0.717) is 17.2 Å². The quantitative estimate of drug-likeness (QED) is 0.808. The van der Waals surface area contributed by atoms with Gasteiger partial charge in [-0.2, -0.15) is 0 Å². The van der Waals surface area contributed by atoms with Crippen molar-refractivity contribution in [2.24, 2.45) is 7.05 Å². The van der Waals surface area contributed by atoms with Crippen LogP contribution in [0.4, 0.5) is 5.95 Å². The topological polar surface area (TPSA) is 59.8 Å². The molecule has 0 spiro atoms. The molecule has 1 aromatic carbocycles. The van der Waals surface area contributed by atoms with Gasteiger partial charge in [0.15, 0.2) is 0 Å². The van der Waals surface area contributed by atoms with Crippen molar-refractivity contribution in [2.75, 3.05) is 12.4 Å². The summed E-state index contributed by atoms with van der Waals surface area (Å²) in [6, 6.07) is 11.6. The summed E-state index contributed by atoms with van der Waals surface area (Å²) in [6.45, 7) is 2.02. The first-order chi connectivity index (χ1) is 11.1. The van der Waals surface area contributed by atoms with Gasteiger partial charge in [0, 0.05) is 32.1 Å². The molecule has 0 saturated heterocycles. The highest BCUT2D eigenvalue weighted by molar-refractivity contribution is 5.80. The molecule has 23 heavy (non-hydrogen) atoms. The lowest BCUT2D eigenvalue weighted by molar-refractivity contribution is 0.839. The maximum atomic E-state index is 12.9. The van der Waals surface area contributed by atoms with Gasteiger partial charge in [0.05, 0.1) is 11.3 Å². The van der Waals surface area contributed by atoms with Gasteiger partial charge in [0.25, 0.3) is 5.56 Å². The Bertz CT molecular complexity index is 883. The van der Waals surface area contributed by atoms with Gasteiger partial charge in [0.2, 0.25) is 5.95 Å². The van der Waals surface area contributed by atoms with E-state index < -0.39 is 0 Å². The van der Waals surface area contributed by atoms with Gasteiger partial charge in [-0.1, -0.05) is 29.8 Å². The molecule has 5 heteroatoms. The Morgan fingerprint density at radius 2 is 1.65 bits per heavy atom. The maximum Gasteiger partial charge on any atom is 0.263 e. The highest BCUT2D eigenvalue weighted by atomic mass is 16.1. The molecule has 0 aliphatic rings. The molecule has 3 rings (SSSR count). The fourth-order valence-electron chi connectivity index (χ4n) is 2.52. The first-order valence-corrected chi connectivity index (χ1v) is 7.38. The van der Waals surface area contributed by atoms with Crippen molar-refractivity contribution in [2.45, 2.75) is 6.92 Å². The smallest absolute Gasteiger partial charge is 0.263 e. The second-order valence-electron chi connectivity index (χ2n) is 5.38. The molecule has 0 fully saturated rings. The number of hydrogen-bond acceptors (Lipinski definition) is 4. The number of aromatic nitrogens is 3. The van der Waals surface area contributed by atoms with Crippen LogP contribution in [0.1, 0.15) is 5.56 Å². The predicted molar refractivity (Wildman–Crippen MR) is 92.4 cm³/mol. The van der Waals surface area contributed by atoms with Crippen LogP contribution in [0.2, 0.25) is 0 Å². The van der Waals surface area contributed by atoms with E-state index in [9.17, 15) is 4.79 Å². The van der Waals surface area contributed by atoms with Gasteiger partial charge >= 0.3 is 0 Å². The number of hydrogen-bond donors (Lipinski definition) is 1. The number of rotatable bonds is 3. The molecule has 5 nitrogen and oxygen atoms in total. The van der Waals surface area contributed by atoms with Crippen molar-refractivity contribution in [1.82, 2.24) is 14.5 Å². The van der Waals surface area contributed by atoms with E-state index in [1.807, 2.05) is 43.3 Å². The lowest BCUT2D eigenvalue weighted by Crippen LogP contribution is -2.24. The third-order valence-electron chi connectivity index (χ3n) is 3.81. The maximum absolute atomic E-state index is 12.9. The molecule has 1 N–H and O–H groups in total. The summed E-state index contributed by atoms with van der Waals surface area (Å²) in [5.41, 5.74) is 4.04. The van der Waals surface area contributed by atoms with Crippen LogP contribution < -0.4 is 10.9 Å². The number of pyridine rings is 1. The summed E-state index contributed by atoms with van der Waals surface area (Å²) < 4.78 is 1.53. The van der Waals surface area contributed by atoms with Crippen LogP contribution in [0.3, 0.4) is 0 Å². The van der Waals surface area contributed by atoms with Gasteiger partial charge in [-0.05, 0) is 24.6 Å². The summed E-state index contributed by atoms with van der Waals surface area (Å²) in [4.78, 5) is 21.6. The van der Waals surface area contributed by atoms with E-state index in [1.165, 1.54) is 4.57 Å². The molecule has 0 amide bonds. The average Bonchev–Trinajstić information content (AvgIpc) is 2.59. The Morgan fingerprint density at radius 1 is 1.00 bits per heavy atom. The molecule has 116 valence electrons. The van der Waals surface area contributed by atoms with Crippen molar-refractivity contribution < 1.29 is 0 Å². The number of aryl methyl sites for hydroxylation is 1. The number of anilines is 1. The Kier molecular flexibility index (Phi) is 3.93. The van der Waals surface area contributed by atoms with Crippen LogP contribution in [0.15, 0.2) is 53.6 Å². The third-order valence-corrected chi connectivity index (χ3v) is 3.81. The van der Waals surface area contributed by atoms with Crippen LogP contribution >= 0.6 is 0 Å². The van der Waals surface area contributed by atoms with E-state index in [4.69, 9.17) is 0 Å². The molecule has 0 bridgehead atoms. The fraction of sp³-hybridized carbons (Fsp3) is 0.167. The predicted octanol–water partition coefficient (Wildman–Crippen LogP) is 2.86. The zero-order valence-electron chi connectivity index (χ0n) is 13.4. The van der Waals surface area contributed by atoms with Crippen molar-refractivity contribution in [3.8, 4) is 22.4 Å². The van der Waals surface area contributed by atoms with E-state index in [2.05, 4.69) is 15.3 Å². The number of benzene rings is 1. The fourth-order valence-corrected chi connectivity index (χ4v) is 2.52. The second kappa shape index (κ2) is 6.04. The SMILES string of the molecule is CNc1nc(-c2ccncc2)c(-c2ccc(C)cc2)c(=O)n1C. The van der Waals surface area contributed by atoms with E-state index in [-0.39, 0.29) is 5.56 Å². The highest BCUT2D eigenvalue weighted by Crippen LogP contribution is 2.28. The number of nitrogens with one attached hydrogen (secondary N) is 1. The van der Waals surface area contributed by atoms with Crippen LogP contribution in [-0.4, -0.2) is 21.6 Å². The van der Waals surface area contributed by atoms with Crippen LogP contribution in [0, 0.1) is 6.92 Å². The van der Waals surface area contributed by atoms with Crippen LogP contribution in [0.25, 0.3) is 22.4 Å². The van der Waals surface area contributed by atoms with E-state index in [1.54, 1.807) is 26.5 Å². The Balaban J connectivity index is 2.35. The molecule has 2 aromatic heterocycles. The minimum atomic E-state index is -0.0833. The molecule has 0 radical (unpaired) electrons. The summed E-state index contributed by atoms with van der Waals surface area (Å²) in [7, 11) is 3.47. The van der Waals surface area contributed by atoms with Gasteiger partial charge in [-0.15, -0.1) is 0 Å². The first-order valence-electron chi connectivity index (χ1n) is 7.38. The molecule has 0 aliphatic carbocycles. The van der Waals surface area contributed by atoms with Crippen molar-refractivity contribution in [3.05, 3.63) is 64.7 Å².